The van der Waals surface area contributed by atoms with Gasteiger partial charge in [0.25, 0.3) is 0 Å². The summed E-state index contributed by atoms with van der Waals surface area (Å²) in [5.41, 5.74) is 12.0. The molecule has 2 aromatic carbocycles. The van der Waals surface area contributed by atoms with Crippen LogP contribution in [-0.2, 0) is 24.7 Å². The van der Waals surface area contributed by atoms with Crippen molar-refractivity contribution in [2.45, 2.75) is 12.8 Å². The third-order valence-electron chi connectivity index (χ3n) is 5.90. The third-order valence-corrected chi connectivity index (χ3v) is 5.90. The molecule has 2 N–H and O–H groups in total. The molecular weight excluding hydrogens is 390 g/mol. The number of carbonyl (C=O) groups is 1. The fourth-order valence-corrected chi connectivity index (χ4v) is 4.39. The number of nitrogen functional groups attached to an aromatic ring is 1. The van der Waals surface area contributed by atoms with Crippen molar-refractivity contribution in [3.63, 3.8) is 0 Å². The summed E-state index contributed by atoms with van der Waals surface area (Å²) >= 11 is 0. The number of nitrogens with two attached hydrogens (primary N) is 1. The van der Waals surface area contributed by atoms with E-state index in [1.807, 2.05) is 59.1 Å². The smallest absolute Gasteiger partial charge is 0.231 e. The van der Waals surface area contributed by atoms with Gasteiger partial charge in [-0.25, -0.2) is 9.97 Å². The number of anilines is 2. The van der Waals surface area contributed by atoms with Gasteiger partial charge in [-0.3, -0.25) is 4.79 Å². The molecule has 0 atom stereocenters. The normalized spacial score (nSPS) is 12.9. The van der Waals surface area contributed by atoms with Crippen LogP contribution in [0.5, 0.6) is 5.75 Å². The molecule has 0 bridgehead atoms. The lowest BCUT2D eigenvalue weighted by molar-refractivity contribution is -0.117. The van der Waals surface area contributed by atoms with E-state index in [2.05, 4.69) is 16.0 Å². The van der Waals surface area contributed by atoms with E-state index >= 15 is 0 Å². The Morgan fingerprint density at radius 2 is 2.03 bits per heavy atom. The van der Waals surface area contributed by atoms with Crippen molar-refractivity contribution in [3.8, 4) is 16.9 Å². The number of hydrogen-bond acceptors (Lipinski definition) is 5. The molecule has 0 aliphatic carbocycles. The van der Waals surface area contributed by atoms with Gasteiger partial charge in [0, 0.05) is 36.6 Å². The Hall–Kier alpha value is -3.87. The molecule has 0 unspecified atom stereocenters. The highest BCUT2D eigenvalue weighted by Crippen LogP contribution is 2.37. The quantitative estimate of drug-likeness (QED) is 0.554. The van der Waals surface area contributed by atoms with Gasteiger partial charge in [-0.1, -0.05) is 24.3 Å². The van der Waals surface area contributed by atoms with E-state index in [4.69, 9.17) is 10.5 Å². The summed E-state index contributed by atoms with van der Waals surface area (Å²) in [5.74, 6) is 1.27. The van der Waals surface area contributed by atoms with Crippen molar-refractivity contribution in [1.82, 2.24) is 14.5 Å². The van der Waals surface area contributed by atoms with E-state index in [1.54, 1.807) is 7.11 Å². The number of nitrogens with zero attached hydrogens (tertiary/aromatic N) is 4. The minimum Gasteiger partial charge on any atom is -0.496 e. The van der Waals surface area contributed by atoms with Gasteiger partial charge in [-0.05, 0) is 35.7 Å². The van der Waals surface area contributed by atoms with E-state index in [1.165, 1.54) is 6.33 Å². The standard InChI is InChI=1S/C24H23N5O2/c1-28-13-18(22-23(25)26-14-27-24(22)28)15-7-8-19-16(11-15)9-10-29(19)21(30)12-17-5-3-4-6-20(17)31-2/h3-8,11,13-14H,9-10,12H2,1-2H3,(H2,25,26,27). The predicted molar refractivity (Wildman–Crippen MR) is 121 cm³/mol. The van der Waals surface area contributed by atoms with Crippen LogP contribution < -0.4 is 15.4 Å². The number of rotatable bonds is 4. The fraction of sp³-hybridized carbons (Fsp3) is 0.208. The minimum absolute atomic E-state index is 0.0683. The second-order valence-corrected chi connectivity index (χ2v) is 7.74. The number of aryl methyl sites for hydroxylation is 1. The highest BCUT2D eigenvalue weighted by atomic mass is 16.5. The van der Waals surface area contributed by atoms with Gasteiger partial charge < -0.3 is 19.9 Å². The number of methoxy groups -OCH3 is 1. The Bertz CT molecular complexity index is 1310. The molecule has 2 aromatic heterocycles. The van der Waals surface area contributed by atoms with Crippen LogP contribution in [0, 0.1) is 0 Å². The monoisotopic (exact) mass is 413 g/mol. The third kappa shape index (κ3) is 3.18. The van der Waals surface area contributed by atoms with Crippen molar-refractivity contribution in [1.29, 1.82) is 0 Å². The maximum absolute atomic E-state index is 13.1. The van der Waals surface area contributed by atoms with Crippen LogP contribution in [-0.4, -0.2) is 34.1 Å². The van der Waals surface area contributed by atoms with E-state index in [9.17, 15) is 4.79 Å². The maximum atomic E-state index is 13.1. The summed E-state index contributed by atoms with van der Waals surface area (Å²) in [6.45, 7) is 0.674. The van der Waals surface area contributed by atoms with Gasteiger partial charge in [-0.15, -0.1) is 0 Å². The van der Waals surface area contributed by atoms with E-state index in [0.29, 0.717) is 18.8 Å². The van der Waals surface area contributed by atoms with Crippen LogP contribution in [0.4, 0.5) is 11.5 Å². The molecule has 0 radical (unpaired) electrons. The number of amides is 1. The number of aromatic nitrogens is 3. The first kappa shape index (κ1) is 19.1. The SMILES string of the molecule is COc1ccccc1CC(=O)N1CCc2cc(-c3cn(C)c4ncnc(N)c34)ccc21. The van der Waals surface area contributed by atoms with Crippen molar-refractivity contribution >= 4 is 28.4 Å². The van der Waals surface area contributed by atoms with Gasteiger partial charge in [0.1, 0.15) is 23.5 Å². The molecule has 0 fully saturated rings. The average Bonchev–Trinajstić information content (AvgIpc) is 3.36. The van der Waals surface area contributed by atoms with Crippen LogP contribution in [0.15, 0.2) is 55.0 Å². The van der Waals surface area contributed by atoms with E-state index in [0.717, 1.165) is 51.1 Å². The minimum atomic E-state index is 0.0683. The number of carbonyl (C=O) groups excluding carboxylic acids is 1. The summed E-state index contributed by atoms with van der Waals surface area (Å²) in [5, 5.41) is 0.854. The molecule has 0 saturated carbocycles. The Kier molecular flexibility index (Phi) is 4.58. The van der Waals surface area contributed by atoms with Crippen molar-refractivity contribution in [2.24, 2.45) is 7.05 Å². The molecule has 3 heterocycles. The molecule has 4 aromatic rings. The zero-order chi connectivity index (χ0) is 21.5. The number of fused-ring (bicyclic) bond motifs is 2. The summed E-state index contributed by atoms with van der Waals surface area (Å²) in [6.07, 6.45) is 4.63. The Morgan fingerprint density at radius 1 is 1.19 bits per heavy atom. The molecule has 0 saturated heterocycles. The molecule has 7 nitrogen and oxygen atoms in total. The van der Waals surface area contributed by atoms with Crippen molar-refractivity contribution in [2.75, 3.05) is 24.3 Å². The van der Waals surface area contributed by atoms with E-state index in [-0.39, 0.29) is 5.91 Å². The Balaban J connectivity index is 1.46. The molecule has 31 heavy (non-hydrogen) atoms. The second kappa shape index (κ2) is 7.43. The first-order valence-corrected chi connectivity index (χ1v) is 10.2. The summed E-state index contributed by atoms with van der Waals surface area (Å²) in [6, 6.07) is 13.9. The van der Waals surface area contributed by atoms with Crippen LogP contribution in [0.2, 0.25) is 0 Å². The number of para-hydroxylation sites is 1. The van der Waals surface area contributed by atoms with Gasteiger partial charge >= 0.3 is 0 Å². The molecule has 1 aliphatic rings. The van der Waals surface area contributed by atoms with Crippen LogP contribution in [0.1, 0.15) is 11.1 Å². The molecule has 5 rings (SSSR count). The lowest BCUT2D eigenvalue weighted by Gasteiger charge is -2.18. The second-order valence-electron chi connectivity index (χ2n) is 7.74. The maximum Gasteiger partial charge on any atom is 0.231 e. The highest BCUT2D eigenvalue weighted by molar-refractivity contribution is 6.02. The number of ether oxygens (including phenoxy) is 1. The first-order valence-electron chi connectivity index (χ1n) is 10.2. The van der Waals surface area contributed by atoms with Gasteiger partial charge in [0.2, 0.25) is 5.91 Å². The van der Waals surface area contributed by atoms with Crippen LogP contribution >= 0.6 is 0 Å². The zero-order valence-electron chi connectivity index (χ0n) is 17.5. The molecule has 156 valence electrons. The highest BCUT2D eigenvalue weighted by Gasteiger charge is 2.26. The van der Waals surface area contributed by atoms with Crippen LogP contribution in [0.25, 0.3) is 22.2 Å². The summed E-state index contributed by atoms with van der Waals surface area (Å²) < 4.78 is 7.35. The topological polar surface area (TPSA) is 86.3 Å². The molecular formula is C24H23N5O2. The fourth-order valence-electron chi connectivity index (χ4n) is 4.39. The molecule has 7 heteroatoms. The summed E-state index contributed by atoms with van der Waals surface area (Å²) in [7, 11) is 3.57. The Labute approximate surface area is 180 Å². The lowest BCUT2D eigenvalue weighted by atomic mass is 10.0. The summed E-state index contributed by atoms with van der Waals surface area (Å²) in [4.78, 5) is 23.4. The van der Waals surface area contributed by atoms with Gasteiger partial charge in [0.15, 0.2) is 0 Å². The predicted octanol–water partition coefficient (Wildman–Crippen LogP) is 3.36. The molecule has 1 aliphatic heterocycles. The lowest BCUT2D eigenvalue weighted by Crippen LogP contribution is -2.30. The molecule has 1 amide bonds. The number of hydrogen-bond donors (Lipinski definition) is 1. The first-order chi connectivity index (χ1) is 15.1. The van der Waals surface area contributed by atoms with Crippen LogP contribution in [0.3, 0.4) is 0 Å². The molecule has 0 spiro atoms. The average molecular weight is 413 g/mol. The number of benzene rings is 2. The van der Waals surface area contributed by atoms with E-state index < -0.39 is 0 Å². The van der Waals surface area contributed by atoms with Gasteiger partial charge in [-0.2, -0.15) is 0 Å². The Morgan fingerprint density at radius 3 is 2.87 bits per heavy atom. The van der Waals surface area contributed by atoms with Gasteiger partial charge in [0.05, 0.1) is 18.9 Å². The van der Waals surface area contributed by atoms with Crippen molar-refractivity contribution < 1.29 is 9.53 Å². The largest absolute Gasteiger partial charge is 0.496 e. The zero-order valence-corrected chi connectivity index (χ0v) is 17.5. The van der Waals surface area contributed by atoms with Crippen molar-refractivity contribution in [3.05, 3.63) is 66.1 Å².